The van der Waals surface area contributed by atoms with Crippen LogP contribution in [0, 0.1) is 5.41 Å². The lowest BCUT2D eigenvalue weighted by Gasteiger charge is -2.22. The van der Waals surface area contributed by atoms with Gasteiger partial charge in [0.15, 0.2) is 0 Å². The number of rotatable bonds is 1. The van der Waals surface area contributed by atoms with Gasteiger partial charge in [-0.15, -0.1) is 0 Å². The molecule has 2 fully saturated rings. The van der Waals surface area contributed by atoms with Crippen molar-refractivity contribution >= 4 is 0 Å². The summed E-state index contributed by atoms with van der Waals surface area (Å²) >= 11 is 0. The Labute approximate surface area is 84.4 Å². The number of benzene rings is 1. The summed E-state index contributed by atoms with van der Waals surface area (Å²) < 4.78 is 0. The second-order valence-corrected chi connectivity index (χ2v) is 4.50. The van der Waals surface area contributed by atoms with Crippen molar-refractivity contribution in [2.45, 2.75) is 18.9 Å². The van der Waals surface area contributed by atoms with Crippen LogP contribution in [-0.2, 0) is 4.84 Å². The summed E-state index contributed by atoms with van der Waals surface area (Å²) in [7, 11) is 2.05. The van der Waals surface area contributed by atoms with Crippen LogP contribution in [0.25, 0.3) is 0 Å². The molecule has 2 heteroatoms. The van der Waals surface area contributed by atoms with Crippen molar-refractivity contribution in [3.63, 3.8) is 0 Å². The van der Waals surface area contributed by atoms with Crippen molar-refractivity contribution in [3.8, 4) is 0 Å². The zero-order chi connectivity index (χ0) is 9.60. The van der Waals surface area contributed by atoms with Gasteiger partial charge in [-0.3, -0.25) is 4.84 Å². The van der Waals surface area contributed by atoms with E-state index >= 15 is 0 Å². The van der Waals surface area contributed by atoms with Crippen molar-refractivity contribution in [2.24, 2.45) is 5.41 Å². The van der Waals surface area contributed by atoms with Crippen LogP contribution >= 0.6 is 0 Å². The third-order valence-electron chi connectivity index (χ3n) is 3.51. The molecule has 0 amide bonds. The molecule has 1 unspecified atom stereocenters. The Morgan fingerprint density at radius 3 is 2.64 bits per heavy atom. The molecule has 0 bridgehead atoms. The van der Waals surface area contributed by atoms with E-state index in [4.69, 9.17) is 4.84 Å². The van der Waals surface area contributed by atoms with Crippen molar-refractivity contribution in [3.05, 3.63) is 35.9 Å². The summed E-state index contributed by atoms with van der Waals surface area (Å²) in [6.45, 7) is 0.906. The zero-order valence-corrected chi connectivity index (χ0v) is 8.44. The molecule has 0 aromatic heterocycles. The first kappa shape index (κ1) is 8.45. The predicted octanol–water partition coefficient (Wildman–Crippen LogP) is 2.38. The SMILES string of the molecule is CN1OCC2(CC2)C1c1ccccc1. The van der Waals surface area contributed by atoms with Gasteiger partial charge in [-0.05, 0) is 18.4 Å². The molecular formula is C12H15NO. The summed E-state index contributed by atoms with van der Waals surface area (Å²) in [5.74, 6) is 0. The van der Waals surface area contributed by atoms with Crippen molar-refractivity contribution in [2.75, 3.05) is 13.7 Å². The van der Waals surface area contributed by atoms with Gasteiger partial charge in [0, 0.05) is 12.5 Å². The first-order valence-electron chi connectivity index (χ1n) is 5.23. The zero-order valence-electron chi connectivity index (χ0n) is 8.44. The van der Waals surface area contributed by atoms with E-state index in [1.807, 2.05) is 12.1 Å². The monoisotopic (exact) mass is 189 g/mol. The molecule has 1 aromatic carbocycles. The topological polar surface area (TPSA) is 12.5 Å². The first-order chi connectivity index (χ1) is 6.82. The molecule has 3 rings (SSSR count). The molecule has 1 atom stereocenters. The molecule has 74 valence electrons. The molecule has 1 aromatic rings. The molecule has 1 aliphatic heterocycles. The van der Waals surface area contributed by atoms with E-state index in [9.17, 15) is 0 Å². The minimum atomic E-state index is 0.441. The minimum absolute atomic E-state index is 0.441. The lowest BCUT2D eigenvalue weighted by molar-refractivity contribution is -0.110. The maximum Gasteiger partial charge on any atom is 0.0760 e. The standard InChI is InChI=1S/C12H15NO/c1-13-11(10-5-3-2-4-6-10)12(7-8-12)9-14-13/h2-6,11H,7-9H2,1H3. The summed E-state index contributed by atoms with van der Waals surface area (Å²) in [6, 6.07) is 11.2. The minimum Gasteiger partial charge on any atom is -0.298 e. The van der Waals surface area contributed by atoms with Crippen LogP contribution in [0.15, 0.2) is 30.3 Å². The van der Waals surface area contributed by atoms with E-state index in [0.29, 0.717) is 11.5 Å². The highest BCUT2D eigenvalue weighted by atomic mass is 16.7. The van der Waals surface area contributed by atoms with Crippen LogP contribution < -0.4 is 0 Å². The fraction of sp³-hybridized carbons (Fsp3) is 0.500. The van der Waals surface area contributed by atoms with Gasteiger partial charge in [0.05, 0.1) is 12.6 Å². The van der Waals surface area contributed by atoms with Gasteiger partial charge in [-0.25, -0.2) is 0 Å². The van der Waals surface area contributed by atoms with E-state index in [1.54, 1.807) is 0 Å². The van der Waals surface area contributed by atoms with Gasteiger partial charge in [-0.2, -0.15) is 5.06 Å². The van der Waals surface area contributed by atoms with Gasteiger partial charge < -0.3 is 0 Å². The quantitative estimate of drug-likeness (QED) is 0.672. The molecule has 2 aliphatic rings. The van der Waals surface area contributed by atoms with Gasteiger partial charge in [0.2, 0.25) is 0 Å². The Morgan fingerprint density at radius 1 is 1.29 bits per heavy atom. The number of nitrogens with zero attached hydrogens (tertiary/aromatic N) is 1. The van der Waals surface area contributed by atoms with Crippen LogP contribution in [0.2, 0.25) is 0 Å². The van der Waals surface area contributed by atoms with Gasteiger partial charge in [0.1, 0.15) is 0 Å². The molecule has 1 spiro atoms. The van der Waals surface area contributed by atoms with E-state index in [0.717, 1.165) is 6.61 Å². The normalized spacial score (nSPS) is 29.6. The molecule has 1 saturated heterocycles. The summed E-state index contributed by atoms with van der Waals surface area (Å²) in [4.78, 5) is 5.63. The van der Waals surface area contributed by atoms with Crippen LogP contribution in [-0.4, -0.2) is 18.7 Å². The van der Waals surface area contributed by atoms with Crippen LogP contribution in [0.1, 0.15) is 24.4 Å². The third kappa shape index (κ3) is 1.11. The lowest BCUT2D eigenvalue weighted by atomic mass is 9.92. The average molecular weight is 189 g/mol. The maximum absolute atomic E-state index is 5.63. The molecule has 1 saturated carbocycles. The maximum atomic E-state index is 5.63. The Balaban J connectivity index is 1.97. The highest BCUT2D eigenvalue weighted by Gasteiger charge is 2.56. The molecule has 14 heavy (non-hydrogen) atoms. The Hall–Kier alpha value is -0.860. The molecular weight excluding hydrogens is 174 g/mol. The van der Waals surface area contributed by atoms with Crippen molar-refractivity contribution in [1.82, 2.24) is 5.06 Å². The van der Waals surface area contributed by atoms with Gasteiger partial charge in [0.25, 0.3) is 0 Å². The number of hydrogen-bond donors (Lipinski definition) is 0. The summed E-state index contributed by atoms with van der Waals surface area (Å²) in [5, 5.41) is 2.03. The van der Waals surface area contributed by atoms with Crippen molar-refractivity contribution < 1.29 is 4.84 Å². The Morgan fingerprint density at radius 2 is 2.00 bits per heavy atom. The van der Waals surface area contributed by atoms with E-state index < -0.39 is 0 Å². The Kier molecular flexibility index (Phi) is 1.70. The van der Waals surface area contributed by atoms with Gasteiger partial charge in [-0.1, -0.05) is 30.3 Å². The van der Waals surface area contributed by atoms with Crippen LogP contribution in [0.4, 0.5) is 0 Å². The largest absolute Gasteiger partial charge is 0.298 e. The Bertz CT molecular complexity index is 331. The van der Waals surface area contributed by atoms with Crippen LogP contribution in [0.3, 0.4) is 0 Å². The third-order valence-corrected chi connectivity index (χ3v) is 3.51. The van der Waals surface area contributed by atoms with Gasteiger partial charge >= 0.3 is 0 Å². The second kappa shape index (κ2) is 2.81. The molecule has 0 radical (unpaired) electrons. The fourth-order valence-electron chi connectivity index (χ4n) is 2.55. The van der Waals surface area contributed by atoms with E-state index in [2.05, 4.69) is 30.3 Å². The smallest absolute Gasteiger partial charge is 0.0760 e. The van der Waals surface area contributed by atoms with Crippen molar-refractivity contribution in [1.29, 1.82) is 0 Å². The highest BCUT2D eigenvalue weighted by molar-refractivity contribution is 5.24. The molecule has 0 N–H and O–H groups in total. The van der Waals surface area contributed by atoms with E-state index in [1.165, 1.54) is 18.4 Å². The lowest BCUT2D eigenvalue weighted by Crippen LogP contribution is -2.20. The number of hydroxylamine groups is 2. The number of hydrogen-bond acceptors (Lipinski definition) is 2. The molecule has 1 heterocycles. The van der Waals surface area contributed by atoms with Crippen LogP contribution in [0.5, 0.6) is 0 Å². The average Bonchev–Trinajstić information content (AvgIpc) is 2.90. The summed E-state index contributed by atoms with van der Waals surface area (Å²) in [6.07, 6.45) is 2.63. The summed E-state index contributed by atoms with van der Waals surface area (Å²) in [5.41, 5.74) is 1.83. The predicted molar refractivity (Wildman–Crippen MR) is 54.6 cm³/mol. The fourth-order valence-corrected chi connectivity index (χ4v) is 2.55. The first-order valence-corrected chi connectivity index (χ1v) is 5.23. The highest BCUT2D eigenvalue weighted by Crippen LogP contribution is 2.60. The second-order valence-electron chi connectivity index (χ2n) is 4.50. The van der Waals surface area contributed by atoms with E-state index in [-0.39, 0.29) is 0 Å². The molecule has 2 nitrogen and oxygen atoms in total. The molecule has 1 aliphatic carbocycles.